The molecule has 0 aromatic heterocycles. The first-order chi connectivity index (χ1) is 10.9. The van der Waals surface area contributed by atoms with E-state index < -0.39 is 34.3 Å². The second-order valence-electron chi connectivity index (χ2n) is 6.28. The number of nitriles is 3. The molecule has 1 aromatic rings. The summed E-state index contributed by atoms with van der Waals surface area (Å²) >= 11 is 0. The minimum absolute atomic E-state index is 0.263. The summed E-state index contributed by atoms with van der Waals surface area (Å²) in [5.41, 5.74) is -4.71. The summed E-state index contributed by atoms with van der Waals surface area (Å²) in [5, 5.41) is 42.6. The summed E-state index contributed by atoms with van der Waals surface area (Å²) in [6, 6.07) is 14.6. The van der Waals surface area contributed by atoms with E-state index in [0.29, 0.717) is 5.56 Å². The van der Waals surface area contributed by atoms with Crippen molar-refractivity contribution in [2.24, 2.45) is 16.7 Å². The number of fused-ring (bicyclic) bond motifs is 2. The number of rotatable bonds is 1. The third-order valence-corrected chi connectivity index (χ3v) is 5.35. The molecule has 1 aliphatic carbocycles. The molecular formula is C17H14N4O2. The SMILES string of the molecule is C[C@@H]1[C@H](c2ccccc2)C(C#N)(C#N)[C@@]2(C#N)C[C@@]1(O)NC2=O. The molecule has 2 aliphatic rings. The first-order valence-corrected chi connectivity index (χ1v) is 7.24. The summed E-state index contributed by atoms with van der Waals surface area (Å²) < 4.78 is 0. The second kappa shape index (κ2) is 4.56. The molecule has 1 aromatic carbocycles. The molecule has 0 unspecified atom stereocenters. The van der Waals surface area contributed by atoms with Crippen molar-refractivity contribution in [3.63, 3.8) is 0 Å². The topological polar surface area (TPSA) is 121 Å². The number of hydrogen-bond acceptors (Lipinski definition) is 5. The second-order valence-corrected chi connectivity index (χ2v) is 6.28. The Kier molecular flexibility index (Phi) is 2.98. The van der Waals surface area contributed by atoms with Gasteiger partial charge in [0.05, 0.1) is 18.2 Å². The van der Waals surface area contributed by atoms with Crippen LogP contribution in [0.15, 0.2) is 30.3 Å². The van der Waals surface area contributed by atoms with Crippen LogP contribution < -0.4 is 5.32 Å². The van der Waals surface area contributed by atoms with Gasteiger partial charge in [-0.05, 0) is 5.56 Å². The third-order valence-electron chi connectivity index (χ3n) is 5.35. The zero-order valence-corrected chi connectivity index (χ0v) is 12.4. The lowest BCUT2D eigenvalue weighted by molar-refractivity contribution is -0.128. The Bertz CT molecular complexity index is 787. The number of carbonyl (C=O) groups excluding carboxylic acids is 1. The minimum Gasteiger partial charge on any atom is -0.371 e. The Morgan fingerprint density at radius 2 is 1.78 bits per heavy atom. The zero-order chi connectivity index (χ0) is 16.9. The lowest BCUT2D eigenvalue weighted by atomic mass is 9.49. The molecule has 2 fully saturated rings. The number of aliphatic hydroxyl groups is 1. The summed E-state index contributed by atoms with van der Waals surface area (Å²) in [6.07, 6.45) is -0.263. The fourth-order valence-corrected chi connectivity index (χ4v) is 4.07. The molecule has 1 aliphatic heterocycles. The lowest BCUT2D eigenvalue weighted by Gasteiger charge is -2.48. The molecule has 6 nitrogen and oxygen atoms in total. The molecule has 3 rings (SSSR count). The van der Waals surface area contributed by atoms with E-state index >= 15 is 0 Å². The van der Waals surface area contributed by atoms with Crippen molar-refractivity contribution in [2.45, 2.75) is 25.0 Å². The van der Waals surface area contributed by atoms with Crippen LogP contribution in [-0.2, 0) is 4.79 Å². The number of hydrogen-bond donors (Lipinski definition) is 2. The highest BCUT2D eigenvalue weighted by Gasteiger charge is 2.76. The van der Waals surface area contributed by atoms with Crippen LogP contribution in [0.2, 0.25) is 0 Å². The van der Waals surface area contributed by atoms with E-state index in [1.54, 1.807) is 37.3 Å². The van der Waals surface area contributed by atoms with Gasteiger partial charge in [-0.25, -0.2) is 0 Å². The monoisotopic (exact) mass is 306 g/mol. The first-order valence-electron chi connectivity index (χ1n) is 7.24. The van der Waals surface area contributed by atoms with Crippen molar-refractivity contribution in [2.75, 3.05) is 0 Å². The quantitative estimate of drug-likeness (QED) is 0.806. The van der Waals surface area contributed by atoms with E-state index in [1.165, 1.54) is 0 Å². The van der Waals surface area contributed by atoms with Crippen molar-refractivity contribution in [1.82, 2.24) is 5.32 Å². The highest BCUT2D eigenvalue weighted by atomic mass is 16.3. The smallest absolute Gasteiger partial charge is 0.245 e. The van der Waals surface area contributed by atoms with Crippen LogP contribution in [0, 0.1) is 50.7 Å². The lowest BCUT2D eigenvalue weighted by Crippen LogP contribution is -2.56. The Morgan fingerprint density at radius 3 is 2.30 bits per heavy atom. The molecule has 0 spiro atoms. The Balaban J connectivity index is 2.35. The van der Waals surface area contributed by atoms with Gasteiger partial charge in [-0.1, -0.05) is 37.3 Å². The summed E-state index contributed by atoms with van der Waals surface area (Å²) in [5.74, 6) is -2.12. The van der Waals surface area contributed by atoms with Crippen LogP contribution >= 0.6 is 0 Å². The highest BCUT2D eigenvalue weighted by Crippen LogP contribution is 2.64. The fourth-order valence-electron chi connectivity index (χ4n) is 4.07. The molecule has 6 heteroatoms. The van der Waals surface area contributed by atoms with E-state index in [2.05, 4.69) is 5.32 Å². The molecule has 23 heavy (non-hydrogen) atoms. The number of nitrogens with one attached hydrogen (secondary N) is 1. The van der Waals surface area contributed by atoms with Crippen molar-refractivity contribution in [3.05, 3.63) is 35.9 Å². The normalized spacial score (nSPS) is 37.1. The molecular weight excluding hydrogens is 292 g/mol. The maximum absolute atomic E-state index is 12.5. The standard InChI is InChI=1S/C17H14N4O2/c1-11-13(12-5-3-2-4-6-12)16(9-19,10-20)15(8-18)7-17(11,23)21-14(15)22/h2-6,11,13,23H,7H2,1H3,(H,21,22)/t11-,13-,15-,17+/m1/s1. The largest absolute Gasteiger partial charge is 0.371 e. The Labute approximate surface area is 133 Å². The van der Waals surface area contributed by atoms with Gasteiger partial charge >= 0.3 is 0 Å². The Morgan fingerprint density at radius 1 is 1.17 bits per heavy atom. The molecule has 1 heterocycles. The first kappa shape index (κ1) is 15.0. The van der Waals surface area contributed by atoms with E-state index in [0.717, 1.165) is 0 Å². The molecule has 1 amide bonds. The van der Waals surface area contributed by atoms with Crippen LogP contribution in [0.4, 0.5) is 0 Å². The summed E-state index contributed by atoms with van der Waals surface area (Å²) in [7, 11) is 0. The number of benzene rings is 1. The minimum atomic E-state index is -1.89. The van der Waals surface area contributed by atoms with Crippen LogP contribution in [0.1, 0.15) is 24.8 Å². The fraction of sp³-hybridized carbons (Fsp3) is 0.412. The third kappa shape index (κ3) is 1.55. The van der Waals surface area contributed by atoms with Gasteiger partial charge in [0.1, 0.15) is 5.72 Å². The van der Waals surface area contributed by atoms with Crippen LogP contribution in [0.5, 0.6) is 0 Å². The van der Waals surface area contributed by atoms with Gasteiger partial charge < -0.3 is 10.4 Å². The number of carbonyl (C=O) groups is 1. The van der Waals surface area contributed by atoms with Crippen LogP contribution in [0.3, 0.4) is 0 Å². The van der Waals surface area contributed by atoms with E-state index in [4.69, 9.17) is 0 Å². The predicted octanol–water partition coefficient (Wildman–Crippen LogP) is 1.17. The van der Waals surface area contributed by atoms with Crippen LogP contribution in [0.25, 0.3) is 0 Å². The summed E-state index contributed by atoms with van der Waals surface area (Å²) in [4.78, 5) is 12.5. The summed E-state index contributed by atoms with van der Waals surface area (Å²) in [6.45, 7) is 1.69. The highest BCUT2D eigenvalue weighted by molar-refractivity contribution is 5.92. The van der Waals surface area contributed by atoms with E-state index in [9.17, 15) is 25.7 Å². The molecule has 114 valence electrons. The maximum atomic E-state index is 12.5. The molecule has 2 N–H and O–H groups in total. The van der Waals surface area contributed by atoms with Crippen molar-refractivity contribution in [1.29, 1.82) is 15.8 Å². The average molecular weight is 306 g/mol. The van der Waals surface area contributed by atoms with Gasteiger partial charge in [-0.15, -0.1) is 0 Å². The van der Waals surface area contributed by atoms with Gasteiger partial charge in [-0.2, -0.15) is 15.8 Å². The number of nitrogens with zero attached hydrogens (tertiary/aromatic N) is 3. The van der Waals surface area contributed by atoms with Crippen molar-refractivity contribution < 1.29 is 9.90 Å². The number of amides is 1. The average Bonchev–Trinajstić information content (AvgIpc) is 2.82. The van der Waals surface area contributed by atoms with E-state index in [1.807, 2.05) is 18.2 Å². The molecule has 2 bridgehead atoms. The maximum Gasteiger partial charge on any atom is 0.245 e. The van der Waals surface area contributed by atoms with Gasteiger partial charge in [0.2, 0.25) is 5.91 Å². The molecule has 1 saturated carbocycles. The molecule has 1 saturated heterocycles. The van der Waals surface area contributed by atoms with Crippen molar-refractivity contribution >= 4 is 5.91 Å². The molecule has 4 atom stereocenters. The zero-order valence-electron chi connectivity index (χ0n) is 12.4. The van der Waals surface area contributed by atoms with E-state index in [-0.39, 0.29) is 6.42 Å². The van der Waals surface area contributed by atoms with Gasteiger partial charge in [0, 0.05) is 18.3 Å². The van der Waals surface area contributed by atoms with Crippen molar-refractivity contribution in [3.8, 4) is 18.2 Å². The van der Waals surface area contributed by atoms with Gasteiger partial charge in [0.15, 0.2) is 10.8 Å². The predicted molar refractivity (Wildman–Crippen MR) is 77.8 cm³/mol. The Hall–Kier alpha value is -2.88. The molecule has 0 radical (unpaired) electrons. The van der Waals surface area contributed by atoms with Gasteiger partial charge in [-0.3, -0.25) is 4.79 Å². The van der Waals surface area contributed by atoms with Crippen LogP contribution in [-0.4, -0.2) is 16.7 Å². The van der Waals surface area contributed by atoms with Gasteiger partial charge in [0.25, 0.3) is 0 Å².